The highest BCUT2D eigenvalue weighted by Crippen LogP contribution is 2.18. The molecule has 0 aliphatic heterocycles. The minimum atomic E-state index is -2.61. The van der Waals surface area contributed by atoms with Crippen LogP contribution in [0.3, 0.4) is 0 Å². The van der Waals surface area contributed by atoms with Gasteiger partial charge in [0.1, 0.15) is 0 Å². The van der Waals surface area contributed by atoms with Gasteiger partial charge >= 0.3 is 29.5 Å². The first-order valence-corrected chi connectivity index (χ1v) is 15.7. The van der Waals surface area contributed by atoms with Crippen molar-refractivity contribution < 1.29 is 46.0 Å². The zero-order valence-corrected chi connectivity index (χ0v) is 24.8. The maximum atomic E-state index is 11.2. The van der Waals surface area contributed by atoms with Crippen molar-refractivity contribution in [1.29, 1.82) is 0 Å². The molecule has 0 aromatic heterocycles. The van der Waals surface area contributed by atoms with E-state index in [0.717, 1.165) is 6.42 Å². The van der Waals surface area contributed by atoms with Crippen LogP contribution in [0.5, 0.6) is 0 Å². The van der Waals surface area contributed by atoms with E-state index >= 15 is 0 Å². The molecule has 0 rings (SSSR count). The van der Waals surface area contributed by atoms with Gasteiger partial charge in [0.05, 0.1) is 6.61 Å². The van der Waals surface area contributed by atoms with E-state index in [-0.39, 0.29) is 5.97 Å². The third kappa shape index (κ3) is 16.1. The first-order valence-electron chi connectivity index (χ1n) is 11.8. The first-order chi connectivity index (χ1) is 16.5. The number of carbonyl (C=O) groups is 2. The van der Waals surface area contributed by atoms with Crippen molar-refractivity contribution in [3.8, 4) is 0 Å². The number of unbranched alkanes of at least 4 members (excludes halogenated alkanes) is 1. The summed E-state index contributed by atoms with van der Waals surface area (Å²) in [6.07, 6.45) is 3.82. The Balaban J connectivity index is 0. The van der Waals surface area contributed by atoms with Gasteiger partial charge in [0.15, 0.2) is 0 Å². The summed E-state index contributed by atoms with van der Waals surface area (Å²) < 4.78 is 37.9. The molecule has 1 N–H and O–H groups in total. The molecule has 0 atom stereocenters. The van der Waals surface area contributed by atoms with Crippen LogP contribution in [-0.4, -0.2) is 82.4 Å². The minimum absolute atomic E-state index is 0.327. The van der Waals surface area contributed by atoms with Gasteiger partial charge in [-0.15, -0.1) is 0 Å². The lowest BCUT2D eigenvalue weighted by atomic mass is 10.2. The number of allylic oxidation sites excluding steroid dienone is 1. The molecular formula is C23H46O10Si2. The summed E-state index contributed by atoms with van der Waals surface area (Å²) in [5, 5.41) is 8.65. The minimum Gasteiger partial charge on any atom is -0.478 e. The second-order valence-electron chi connectivity index (χ2n) is 7.38. The van der Waals surface area contributed by atoms with Gasteiger partial charge in [0.25, 0.3) is 0 Å². The third-order valence-corrected chi connectivity index (χ3v) is 10.7. The number of carbonyl (C=O) groups excluding carboxylic acids is 1. The maximum Gasteiger partial charge on any atom is 0.501 e. The van der Waals surface area contributed by atoms with Crippen molar-refractivity contribution in [2.24, 2.45) is 0 Å². The van der Waals surface area contributed by atoms with Crippen LogP contribution < -0.4 is 0 Å². The molecule has 0 bridgehead atoms. The van der Waals surface area contributed by atoms with Crippen LogP contribution in [0.15, 0.2) is 23.8 Å². The molecule has 10 nitrogen and oxygen atoms in total. The van der Waals surface area contributed by atoms with Crippen molar-refractivity contribution in [2.75, 3.05) is 47.8 Å². The van der Waals surface area contributed by atoms with Crippen molar-refractivity contribution in [3.05, 3.63) is 23.8 Å². The van der Waals surface area contributed by atoms with Gasteiger partial charge in [0, 0.05) is 64.4 Å². The topological polar surface area (TPSA) is 119 Å². The molecular weight excluding hydrogens is 492 g/mol. The Hall–Kier alpha value is -1.39. The molecule has 12 heteroatoms. The van der Waals surface area contributed by atoms with Crippen molar-refractivity contribution >= 4 is 29.5 Å². The molecule has 0 saturated heterocycles. The van der Waals surface area contributed by atoms with Crippen LogP contribution in [-0.2, 0) is 40.9 Å². The summed E-state index contributed by atoms with van der Waals surface area (Å²) in [4.78, 5) is 21.8. The maximum absolute atomic E-state index is 11.2. The summed E-state index contributed by atoms with van der Waals surface area (Å²) >= 11 is 0. The fraction of sp³-hybridized carbons (Fsp3) is 0.739. The predicted octanol–water partition coefficient (Wildman–Crippen LogP) is 4.22. The molecule has 0 spiro atoms. The molecule has 0 radical (unpaired) electrons. The second-order valence-corrected chi connectivity index (χ2v) is 13.2. The first kappa shape index (κ1) is 35.8. The number of ether oxygens (including phenoxy) is 1. The highest BCUT2D eigenvalue weighted by atomic mass is 28.4. The van der Waals surface area contributed by atoms with E-state index in [4.69, 9.17) is 36.4 Å². The summed E-state index contributed by atoms with van der Waals surface area (Å²) in [6.45, 7) is 14.5. The number of esters is 1. The zero-order valence-electron chi connectivity index (χ0n) is 22.8. The summed E-state index contributed by atoms with van der Waals surface area (Å²) in [6, 6.07) is 1.33. The number of carboxylic acids is 1. The van der Waals surface area contributed by atoms with E-state index in [9.17, 15) is 9.59 Å². The van der Waals surface area contributed by atoms with Crippen molar-refractivity contribution in [2.45, 2.75) is 66.0 Å². The number of aliphatic carboxylic acids is 1. The Morgan fingerprint density at radius 3 is 1.66 bits per heavy atom. The van der Waals surface area contributed by atoms with Gasteiger partial charge in [-0.25, -0.2) is 9.59 Å². The summed E-state index contributed by atoms with van der Waals surface area (Å²) in [5.74, 6) is -1.25. The Bertz CT molecular complexity index is 611. The van der Waals surface area contributed by atoms with Gasteiger partial charge in [-0.2, -0.15) is 0 Å². The lowest BCUT2D eigenvalue weighted by Crippen LogP contribution is -2.46. The highest BCUT2D eigenvalue weighted by Gasteiger charge is 2.39. The van der Waals surface area contributed by atoms with Gasteiger partial charge < -0.3 is 36.4 Å². The van der Waals surface area contributed by atoms with E-state index in [1.165, 1.54) is 0 Å². The van der Waals surface area contributed by atoms with Gasteiger partial charge in [-0.05, 0) is 53.9 Å². The fourth-order valence-electron chi connectivity index (χ4n) is 2.86. The van der Waals surface area contributed by atoms with Gasteiger partial charge in [0.2, 0.25) is 0 Å². The monoisotopic (exact) mass is 538 g/mol. The molecule has 206 valence electrons. The van der Waals surface area contributed by atoms with E-state index in [2.05, 4.69) is 6.58 Å². The molecule has 0 aliphatic carbocycles. The molecule has 0 fully saturated rings. The lowest BCUT2D eigenvalue weighted by molar-refractivity contribution is -0.139. The van der Waals surface area contributed by atoms with E-state index in [0.29, 0.717) is 62.5 Å². The number of hydrogen-bond acceptors (Lipinski definition) is 9. The normalized spacial score (nSPS) is 12.1. The summed E-state index contributed by atoms with van der Waals surface area (Å²) in [7, 11) is -0.401. The largest absolute Gasteiger partial charge is 0.501 e. The Kier molecular flexibility index (Phi) is 21.2. The Labute approximate surface area is 213 Å². The molecule has 0 heterocycles. The van der Waals surface area contributed by atoms with Crippen LogP contribution in [0.1, 0.15) is 53.9 Å². The van der Waals surface area contributed by atoms with E-state index < -0.39 is 23.6 Å². The SMILES string of the molecule is C=C(C)C(=O)OCCC[Si](OCC)(OCC)OCC.CO[Si](CCCC=C(C)C(=O)O)(OC)OC. The Morgan fingerprint density at radius 2 is 1.29 bits per heavy atom. The second kappa shape index (κ2) is 20.8. The molecule has 35 heavy (non-hydrogen) atoms. The van der Waals surface area contributed by atoms with E-state index in [1.54, 1.807) is 41.3 Å². The molecule has 0 aromatic rings. The summed E-state index contributed by atoms with van der Waals surface area (Å²) in [5.41, 5.74) is 0.766. The highest BCUT2D eigenvalue weighted by molar-refractivity contribution is 6.61. The van der Waals surface area contributed by atoms with E-state index in [1.807, 2.05) is 20.8 Å². The molecule has 0 aliphatic rings. The van der Waals surface area contributed by atoms with Gasteiger partial charge in [-0.3, -0.25) is 0 Å². The smallest absolute Gasteiger partial charge is 0.478 e. The quantitative estimate of drug-likeness (QED) is 0.111. The van der Waals surface area contributed by atoms with Crippen LogP contribution >= 0.6 is 0 Å². The fourth-order valence-corrected chi connectivity index (χ4v) is 7.19. The molecule has 0 aromatic carbocycles. The van der Waals surface area contributed by atoms with Crippen LogP contribution in [0.4, 0.5) is 0 Å². The number of hydrogen-bond donors (Lipinski definition) is 1. The predicted molar refractivity (Wildman–Crippen MR) is 138 cm³/mol. The zero-order chi connectivity index (χ0) is 27.3. The average molecular weight is 539 g/mol. The van der Waals surface area contributed by atoms with Crippen molar-refractivity contribution in [3.63, 3.8) is 0 Å². The molecule has 0 unspecified atom stereocenters. The standard InChI is InChI=1S/C13H26O5Si.C10H20O5Si/c1-6-16-19(17-7-2,18-8-3)11-9-10-15-13(14)12(4)5;1-9(10(11)12)7-5-6-8-16(13-2,14-3)15-4/h4,6-11H2,1-3,5H3;7H,5-6,8H2,1-4H3,(H,11,12). The third-order valence-electron chi connectivity index (χ3n) is 4.71. The van der Waals surface area contributed by atoms with Gasteiger partial charge in [-0.1, -0.05) is 12.7 Å². The lowest BCUT2D eigenvalue weighted by Gasteiger charge is -2.28. The van der Waals surface area contributed by atoms with Crippen molar-refractivity contribution in [1.82, 2.24) is 0 Å². The number of carboxylic acid groups (broad SMARTS) is 1. The van der Waals surface area contributed by atoms with Crippen LogP contribution in [0.2, 0.25) is 12.1 Å². The van der Waals surface area contributed by atoms with Crippen LogP contribution in [0, 0.1) is 0 Å². The number of rotatable bonds is 19. The average Bonchev–Trinajstić information content (AvgIpc) is 2.83. The Morgan fingerprint density at radius 1 is 0.829 bits per heavy atom. The molecule has 0 saturated carbocycles. The molecule has 0 amide bonds. The van der Waals surface area contributed by atoms with Crippen LogP contribution in [0.25, 0.3) is 0 Å².